The Bertz CT molecular complexity index is 443. The molecule has 1 saturated carbocycles. The molecule has 1 saturated heterocycles. The molecule has 3 atom stereocenters. The summed E-state index contributed by atoms with van der Waals surface area (Å²) in [6, 6.07) is 3.25. The van der Waals surface area contributed by atoms with Crippen LogP contribution in [0.4, 0.5) is 4.39 Å². The largest absolute Gasteiger partial charge is 0.468 e. The van der Waals surface area contributed by atoms with Gasteiger partial charge in [-0.2, -0.15) is 0 Å². The third-order valence-electron chi connectivity index (χ3n) is 4.05. The summed E-state index contributed by atoms with van der Waals surface area (Å²) in [4.78, 5) is 6.34. The van der Waals surface area contributed by atoms with Crippen LogP contribution in [0.5, 0.6) is 5.88 Å². The minimum atomic E-state index is -0.408. The van der Waals surface area contributed by atoms with Crippen molar-refractivity contribution in [1.29, 1.82) is 0 Å². The molecule has 3 rings (SSSR count). The predicted octanol–water partition coefficient (Wildman–Crippen LogP) is 1.85. The molecule has 0 radical (unpaired) electrons. The SMILES string of the molecule is CCN1CCO[C@H]2CC[C@H]1[C@@H]2Oc1ncccc1F. The summed E-state index contributed by atoms with van der Waals surface area (Å²) in [5.41, 5.74) is 0. The molecule has 1 aliphatic heterocycles. The predicted molar refractivity (Wildman–Crippen MR) is 68.6 cm³/mol. The Kier molecular flexibility index (Phi) is 3.66. The zero-order valence-electron chi connectivity index (χ0n) is 11.1. The van der Waals surface area contributed by atoms with Crippen LogP contribution in [0, 0.1) is 5.82 Å². The maximum absolute atomic E-state index is 13.7. The van der Waals surface area contributed by atoms with Gasteiger partial charge in [-0.1, -0.05) is 6.92 Å². The zero-order valence-corrected chi connectivity index (χ0v) is 11.1. The lowest BCUT2D eigenvalue weighted by Gasteiger charge is -2.30. The molecule has 0 N–H and O–H groups in total. The molecular weight excluding hydrogens is 247 g/mol. The first-order chi connectivity index (χ1) is 9.29. The highest BCUT2D eigenvalue weighted by molar-refractivity contribution is 5.14. The van der Waals surface area contributed by atoms with E-state index in [1.54, 1.807) is 12.3 Å². The highest BCUT2D eigenvalue weighted by Gasteiger charge is 2.43. The van der Waals surface area contributed by atoms with Crippen LogP contribution in [0.3, 0.4) is 0 Å². The van der Waals surface area contributed by atoms with Crippen LogP contribution in [0.2, 0.25) is 0 Å². The maximum atomic E-state index is 13.7. The van der Waals surface area contributed by atoms with Crippen molar-refractivity contribution in [2.24, 2.45) is 0 Å². The van der Waals surface area contributed by atoms with Crippen molar-refractivity contribution in [3.63, 3.8) is 0 Å². The second kappa shape index (κ2) is 5.43. The van der Waals surface area contributed by atoms with Gasteiger partial charge in [0.2, 0.25) is 0 Å². The van der Waals surface area contributed by atoms with E-state index in [0.717, 1.165) is 32.5 Å². The molecule has 1 aliphatic carbocycles. The number of likely N-dealkylation sites (N-methyl/N-ethyl adjacent to an activating group) is 1. The van der Waals surface area contributed by atoms with E-state index in [1.807, 2.05) is 0 Å². The van der Waals surface area contributed by atoms with Crippen molar-refractivity contribution in [1.82, 2.24) is 9.88 Å². The number of rotatable bonds is 3. The molecule has 1 aromatic rings. The minimum Gasteiger partial charge on any atom is -0.468 e. The standard InChI is InChI=1S/C14H19FN2O2/c1-2-17-8-9-18-12-6-5-11(17)13(12)19-14-10(15)4-3-7-16-14/h3-4,7,11-13H,2,5-6,8-9H2,1H3/t11-,12-,13-/m0/s1. The molecular formula is C14H19FN2O2. The Balaban J connectivity index is 1.81. The van der Waals surface area contributed by atoms with Crippen LogP contribution in [0.25, 0.3) is 0 Å². The van der Waals surface area contributed by atoms with Gasteiger partial charge in [0.05, 0.1) is 12.7 Å². The number of fused-ring (bicyclic) bond motifs is 2. The monoisotopic (exact) mass is 266 g/mol. The number of pyridine rings is 1. The normalized spacial score (nSPS) is 31.2. The molecule has 2 aliphatic rings. The zero-order chi connectivity index (χ0) is 13.2. The van der Waals surface area contributed by atoms with Crippen molar-refractivity contribution in [2.75, 3.05) is 19.7 Å². The van der Waals surface area contributed by atoms with Crippen LogP contribution in [-0.2, 0) is 4.74 Å². The van der Waals surface area contributed by atoms with Gasteiger partial charge >= 0.3 is 0 Å². The molecule has 2 heterocycles. The first kappa shape index (κ1) is 12.8. The summed E-state index contributed by atoms with van der Waals surface area (Å²) in [7, 11) is 0. The van der Waals surface area contributed by atoms with Gasteiger partial charge in [-0.25, -0.2) is 9.37 Å². The average molecular weight is 266 g/mol. The summed E-state index contributed by atoms with van der Waals surface area (Å²) in [5, 5.41) is 0. The summed E-state index contributed by atoms with van der Waals surface area (Å²) in [6.07, 6.45) is 3.50. The number of aromatic nitrogens is 1. The minimum absolute atomic E-state index is 0.0583. The first-order valence-electron chi connectivity index (χ1n) is 6.92. The van der Waals surface area contributed by atoms with Gasteiger partial charge in [0.25, 0.3) is 5.88 Å². The van der Waals surface area contributed by atoms with Crippen LogP contribution >= 0.6 is 0 Å². The molecule has 4 nitrogen and oxygen atoms in total. The third kappa shape index (κ3) is 2.44. The Morgan fingerprint density at radius 3 is 3.21 bits per heavy atom. The average Bonchev–Trinajstić information content (AvgIpc) is 2.69. The van der Waals surface area contributed by atoms with Crippen molar-refractivity contribution in [2.45, 2.75) is 38.0 Å². The fraction of sp³-hybridized carbons (Fsp3) is 0.643. The van der Waals surface area contributed by atoms with Crippen LogP contribution in [0.15, 0.2) is 18.3 Å². The highest BCUT2D eigenvalue weighted by Crippen LogP contribution is 2.32. The van der Waals surface area contributed by atoms with Gasteiger partial charge < -0.3 is 9.47 Å². The molecule has 0 spiro atoms. The van der Waals surface area contributed by atoms with Gasteiger partial charge in [-0.3, -0.25) is 4.90 Å². The number of halogens is 1. The molecule has 2 fully saturated rings. The summed E-state index contributed by atoms with van der Waals surface area (Å²) < 4.78 is 25.3. The van der Waals surface area contributed by atoms with E-state index in [2.05, 4.69) is 16.8 Å². The molecule has 19 heavy (non-hydrogen) atoms. The molecule has 104 valence electrons. The van der Waals surface area contributed by atoms with Gasteiger partial charge in [-0.05, 0) is 31.5 Å². The van der Waals surface area contributed by atoms with E-state index in [1.165, 1.54) is 6.07 Å². The quantitative estimate of drug-likeness (QED) is 0.836. The number of hydrogen-bond donors (Lipinski definition) is 0. The van der Waals surface area contributed by atoms with E-state index in [4.69, 9.17) is 9.47 Å². The maximum Gasteiger partial charge on any atom is 0.250 e. The second-order valence-electron chi connectivity index (χ2n) is 5.06. The van der Waals surface area contributed by atoms with Gasteiger partial charge in [-0.15, -0.1) is 0 Å². The Morgan fingerprint density at radius 1 is 1.53 bits per heavy atom. The van der Waals surface area contributed by atoms with E-state index >= 15 is 0 Å². The Morgan fingerprint density at radius 2 is 2.42 bits per heavy atom. The lowest BCUT2D eigenvalue weighted by atomic mass is 10.1. The van der Waals surface area contributed by atoms with E-state index in [9.17, 15) is 4.39 Å². The molecule has 5 heteroatoms. The topological polar surface area (TPSA) is 34.6 Å². The van der Waals surface area contributed by atoms with Gasteiger partial charge in [0, 0.05) is 18.8 Å². The smallest absolute Gasteiger partial charge is 0.250 e. The fourth-order valence-electron chi connectivity index (χ4n) is 3.10. The van der Waals surface area contributed by atoms with Gasteiger partial charge in [0.1, 0.15) is 6.10 Å². The first-order valence-corrected chi connectivity index (χ1v) is 6.92. The lowest BCUT2D eigenvalue weighted by molar-refractivity contribution is 0.000259. The molecule has 0 aromatic carbocycles. The Hall–Kier alpha value is -1.20. The molecule has 2 bridgehead atoms. The number of hydrogen-bond acceptors (Lipinski definition) is 4. The van der Waals surface area contributed by atoms with Crippen LogP contribution in [-0.4, -0.2) is 47.8 Å². The van der Waals surface area contributed by atoms with Crippen molar-refractivity contribution in [3.8, 4) is 5.88 Å². The fourth-order valence-corrected chi connectivity index (χ4v) is 3.10. The van der Waals surface area contributed by atoms with Crippen molar-refractivity contribution >= 4 is 0 Å². The second-order valence-corrected chi connectivity index (χ2v) is 5.06. The Labute approximate surface area is 112 Å². The summed E-state index contributed by atoms with van der Waals surface area (Å²) >= 11 is 0. The van der Waals surface area contributed by atoms with Crippen LogP contribution in [0.1, 0.15) is 19.8 Å². The van der Waals surface area contributed by atoms with Crippen LogP contribution < -0.4 is 4.74 Å². The number of nitrogens with zero attached hydrogens (tertiary/aromatic N) is 2. The molecule has 1 aromatic heterocycles. The lowest BCUT2D eigenvalue weighted by Crippen LogP contribution is -2.44. The van der Waals surface area contributed by atoms with E-state index < -0.39 is 5.82 Å². The van der Waals surface area contributed by atoms with Crippen molar-refractivity contribution in [3.05, 3.63) is 24.1 Å². The van der Waals surface area contributed by atoms with Crippen molar-refractivity contribution < 1.29 is 13.9 Å². The third-order valence-corrected chi connectivity index (χ3v) is 4.05. The number of ether oxygens (including phenoxy) is 2. The molecule has 0 amide bonds. The van der Waals surface area contributed by atoms with E-state index in [0.29, 0.717) is 6.04 Å². The summed E-state index contributed by atoms with van der Waals surface area (Å²) in [6.45, 7) is 4.74. The van der Waals surface area contributed by atoms with E-state index in [-0.39, 0.29) is 18.1 Å². The summed E-state index contributed by atoms with van der Waals surface area (Å²) in [5.74, 6) is -0.319. The highest BCUT2D eigenvalue weighted by atomic mass is 19.1. The molecule has 0 unspecified atom stereocenters. The van der Waals surface area contributed by atoms with Gasteiger partial charge in [0.15, 0.2) is 5.82 Å².